The lowest BCUT2D eigenvalue weighted by Gasteiger charge is -2.19. The van der Waals surface area contributed by atoms with Crippen LogP contribution in [-0.4, -0.2) is 29.1 Å². The zero-order valence-electron chi connectivity index (χ0n) is 11.2. The molecule has 20 heavy (non-hydrogen) atoms. The van der Waals surface area contributed by atoms with E-state index in [9.17, 15) is 14.4 Å². The Balaban J connectivity index is 2.66. The molecule has 1 rings (SSSR count). The van der Waals surface area contributed by atoms with E-state index in [0.717, 1.165) is 0 Å². The van der Waals surface area contributed by atoms with Gasteiger partial charge in [-0.05, 0) is 30.2 Å². The van der Waals surface area contributed by atoms with Crippen molar-refractivity contribution in [2.75, 3.05) is 5.32 Å². The number of carboxylic acids is 1. The minimum absolute atomic E-state index is 0.119. The van der Waals surface area contributed by atoms with Crippen LogP contribution in [0.2, 0.25) is 0 Å². The van der Waals surface area contributed by atoms with Crippen LogP contribution >= 0.6 is 0 Å². The highest BCUT2D eigenvalue weighted by Crippen LogP contribution is 2.10. The van der Waals surface area contributed by atoms with Gasteiger partial charge in [0.15, 0.2) is 0 Å². The minimum Gasteiger partial charge on any atom is -0.478 e. The maximum absolute atomic E-state index is 11.7. The summed E-state index contributed by atoms with van der Waals surface area (Å²) in [6.45, 7) is 3.52. The summed E-state index contributed by atoms with van der Waals surface area (Å²) < 4.78 is 0. The fourth-order valence-corrected chi connectivity index (χ4v) is 1.57. The fraction of sp³-hybridized carbons (Fsp3) is 0.308. The first-order valence-electron chi connectivity index (χ1n) is 6.01. The molecule has 0 fully saturated rings. The maximum atomic E-state index is 11.7. The molecule has 0 spiro atoms. The van der Waals surface area contributed by atoms with E-state index < -0.39 is 23.9 Å². The van der Waals surface area contributed by atoms with E-state index in [1.54, 1.807) is 13.8 Å². The van der Waals surface area contributed by atoms with Gasteiger partial charge in [0.05, 0.1) is 5.56 Å². The van der Waals surface area contributed by atoms with Crippen LogP contribution in [-0.2, 0) is 4.79 Å². The molecular formula is C13H17N3O4. The highest BCUT2D eigenvalue weighted by Gasteiger charge is 2.21. The van der Waals surface area contributed by atoms with Gasteiger partial charge in [0.2, 0.25) is 5.91 Å². The lowest BCUT2D eigenvalue weighted by atomic mass is 10.0. The Hall–Kier alpha value is -2.57. The summed E-state index contributed by atoms with van der Waals surface area (Å²) in [6, 6.07) is 4.30. The monoisotopic (exact) mass is 279 g/mol. The van der Waals surface area contributed by atoms with E-state index in [0.29, 0.717) is 5.69 Å². The number of carbonyl (C=O) groups is 3. The predicted molar refractivity (Wildman–Crippen MR) is 73.4 cm³/mol. The number of hydrogen-bond donors (Lipinski definition) is 4. The highest BCUT2D eigenvalue weighted by molar-refractivity contribution is 5.94. The summed E-state index contributed by atoms with van der Waals surface area (Å²) >= 11 is 0. The van der Waals surface area contributed by atoms with E-state index >= 15 is 0 Å². The Kier molecular flexibility index (Phi) is 5.08. The molecule has 1 aromatic carbocycles. The van der Waals surface area contributed by atoms with Crippen molar-refractivity contribution in [1.82, 2.24) is 5.32 Å². The van der Waals surface area contributed by atoms with Crippen LogP contribution in [0.25, 0.3) is 0 Å². The molecule has 5 N–H and O–H groups in total. The molecule has 1 unspecified atom stereocenters. The van der Waals surface area contributed by atoms with E-state index in [1.165, 1.54) is 24.3 Å². The lowest BCUT2D eigenvalue weighted by molar-refractivity contribution is -0.120. The molecular weight excluding hydrogens is 262 g/mol. The van der Waals surface area contributed by atoms with E-state index in [-0.39, 0.29) is 11.5 Å². The molecule has 0 saturated heterocycles. The normalized spacial score (nSPS) is 11.8. The Bertz CT molecular complexity index is 511. The van der Waals surface area contributed by atoms with Gasteiger partial charge in [-0.1, -0.05) is 13.8 Å². The molecule has 0 radical (unpaired) electrons. The van der Waals surface area contributed by atoms with Crippen LogP contribution in [0, 0.1) is 5.92 Å². The predicted octanol–water partition coefficient (Wildman–Crippen LogP) is 1.02. The molecule has 0 saturated carbocycles. The Labute approximate surface area is 116 Å². The summed E-state index contributed by atoms with van der Waals surface area (Å²) in [5.74, 6) is -1.79. The number of amides is 3. The first-order valence-corrected chi connectivity index (χ1v) is 6.01. The van der Waals surface area contributed by atoms with Crippen LogP contribution in [0.15, 0.2) is 24.3 Å². The number of benzene rings is 1. The quantitative estimate of drug-likeness (QED) is 0.642. The van der Waals surface area contributed by atoms with Gasteiger partial charge in [-0.25, -0.2) is 9.59 Å². The third-order valence-corrected chi connectivity index (χ3v) is 2.65. The average Bonchev–Trinajstić information content (AvgIpc) is 2.35. The van der Waals surface area contributed by atoms with Gasteiger partial charge in [-0.3, -0.25) is 4.79 Å². The molecule has 0 heterocycles. The second-order valence-electron chi connectivity index (χ2n) is 4.61. The van der Waals surface area contributed by atoms with Crippen molar-refractivity contribution in [3.8, 4) is 0 Å². The summed E-state index contributed by atoms with van der Waals surface area (Å²) in [5.41, 5.74) is 5.72. The van der Waals surface area contributed by atoms with Crippen molar-refractivity contribution < 1.29 is 19.5 Å². The van der Waals surface area contributed by atoms with Gasteiger partial charge >= 0.3 is 12.0 Å². The molecule has 1 aromatic rings. The summed E-state index contributed by atoms with van der Waals surface area (Å²) in [5, 5.41) is 13.7. The molecule has 0 aliphatic rings. The van der Waals surface area contributed by atoms with E-state index in [1.807, 2.05) is 0 Å². The Morgan fingerprint density at radius 2 is 1.70 bits per heavy atom. The molecule has 0 aromatic heterocycles. The van der Waals surface area contributed by atoms with Crippen LogP contribution < -0.4 is 16.4 Å². The molecule has 1 atom stereocenters. The summed E-state index contributed by atoms with van der Waals surface area (Å²) in [6.07, 6.45) is 0. The second-order valence-corrected chi connectivity index (χ2v) is 4.61. The van der Waals surface area contributed by atoms with Gasteiger partial charge in [-0.15, -0.1) is 0 Å². The van der Waals surface area contributed by atoms with Gasteiger partial charge in [-0.2, -0.15) is 0 Å². The average molecular weight is 279 g/mol. The number of carbonyl (C=O) groups excluding carboxylic acids is 2. The van der Waals surface area contributed by atoms with Crippen LogP contribution in [0.4, 0.5) is 10.5 Å². The highest BCUT2D eigenvalue weighted by atomic mass is 16.4. The van der Waals surface area contributed by atoms with Crippen LogP contribution in [0.1, 0.15) is 24.2 Å². The van der Waals surface area contributed by atoms with Gasteiger partial charge in [0.1, 0.15) is 6.04 Å². The third kappa shape index (κ3) is 4.27. The van der Waals surface area contributed by atoms with E-state index in [2.05, 4.69) is 10.6 Å². The van der Waals surface area contributed by atoms with Gasteiger partial charge < -0.3 is 21.5 Å². The topological polar surface area (TPSA) is 122 Å². The lowest BCUT2D eigenvalue weighted by Crippen LogP contribution is -2.49. The standard InChI is InChI=1S/C13H17N3O4/c1-7(2)10(11(14)17)16-13(20)15-9-5-3-8(4-6-9)12(18)19/h3-7,10H,1-2H3,(H2,14,17)(H,18,19)(H2,15,16,20). The largest absolute Gasteiger partial charge is 0.478 e. The number of rotatable bonds is 5. The number of carboxylic acid groups (broad SMARTS) is 1. The molecule has 0 aliphatic heterocycles. The molecule has 3 amide bonds. The van der Waals surface area contributed by atoms with Crippen molar-refractivity contribution in [2.45, 2.75) is 19.9 Å². The molecule has 108 valence electrons. The van der Waals surface area contributed by atoms with Crippen molar-refractivity contribution in [2.24, 2.45) is 11.7 Å². The zero-order valence-corrected chi connectivity index (χ0v) is 11.2. The van der Waals surface area contributed by atoms with Gasteiger partial charge in [0, 0.05) is 5.69 Å². The first kappa shape index (κ1) is 15.5. The van der Waals surface area contributed by atoms with Crippen molar-refractivity contribution in [3.63, 3.8) is 0 Å². The Morgan fingerprint density at radius 3 is 2.10 bits per heavy atom. The zero-order chi connectivity index (χ0) is 15.3. The molecule has 7 heteroatoms. The van der Waals surface area contributed by atoms with Crippen molar-refractivity contribution in [3.05, 3.63) is 29.8 Å². The number of primary amides is 1. The number of nitrogens with two attached hydrogens (primary N) is 1. The van der Waals surface area contributed by atoms with Crippen LogP contribution in [0.5, 0.6) is 0 Å². The third-order valence-electron chi connectivity index (χ3n) is 2.65. The van der Waals surface area contributed by atoms with E-state index in [4.69, 9.17) is 10.8 Å². The summed E-state index contributed by atoms with van der Waals surface area (Å²) in [4.78, 5) is 33.5. The van der Waals surface area contributed by atoms with Crippen molar-refractivity contribution in [1.29, 1.82) is 0 Å². The number of aromatic carboxylic acids is 1. The Morgan fingerprint density at radius 1 is 1.15 bits per heavy atom. The van der Waals surface area contributed by atoms with Gasteiger partial charge in [0.25, 0.3) is 0 Å². The summed E-state index contributed by atoms with van der Waals surface area (Å²) in [7, 11) is 0. The maximum Gasteiger partial charge on any atom is 0.335 e. The molecule has 0 bridgehead atoms. The second kappa shape index (κ2) is 6.55. The number of nitrogens with one attached hydrogen (secondary N) is 2. The van der Waals surface area contributed by atoms with Crippen LogP contribution in [0.3, 0.4) is 0 Å². The first-order chi connectivity index (χ1) is 9.31. The number of urea groups is 1. The SMILES string of the molecule is CC(C)C(NC(=O)Nc1ccc(C(=O)O)cc1)C(N)=O. The fourth-order valence-electron chi connectivity index (χ4n) is 1.57. The number of hydrogen-bond acceptors (Lipinski definition) is 3. The molecule has 7 nitrogen and oxygen atoms in total. The minimum atomic E-state index is -1.05. The smallest absolute Gasteiger partial charge is 0.335 e. The molecule has 0 aliphatic carbocycles. The number of anilines is 1. The van der Waals surface area contributed by atoms with Crippen molar-refractivity contribution >= 4 is 23.6 Å².